The maximum absolute atomic E-state index is 5.05. The molecule has 0 unspecified atom stereocenters. The Morgan fingerprint density at radius 2 is 0.767 bits per heavy atom. The van der Waals surface area contributed by atoms with Gasteiger partial charge in [-0.05, 0) is 47.5 Å². The highest BCUT2D eigenvalue weighted by Crippen LogP contribution is 2.34. The maximum Gasteiger partial charge on any atom is 0.164 e. The first kappa shape index (κ1) is 24.9. The lowest BCUT2D eigenvalue weighted by atomic mass is 9.99. The normalized spacial score (nSPS) is 11.3. The van der Waals surface area contributed by atoms with E-state index in [-0.39, 0.29) is 0 Å². The molecule has 0 spiro atoms. The largest absolute Gasteiger partial charge is 0.309 e. The van der Waals surface area contributed by atoms with Crippen LogP contribution in [0.5, 0.6) is 0 Å². The van der Waals surface area contributed by atoms with Crippen LogP contribution in [-0.4, -0.2) is 19.5 Å². The topological polar surface area (TPSA) is 43.6 Å². The fourth-order valence-corrected chi connectivity index (χ4v) is 5.85. The molecule has 0 radical (unpaired) electrons. The predicted molar refractivity (Wildman–Crippen MR) is 176 cm³/mol. The monoisotopic (exact) mass is 550 g/mol. The number of nitrogens with zero attached hydrogens (tertiary/aromatic N) is 4. The van der Waals surface area contributed by atoms with Crippen LogP contribution in [0, 0.1) is 0 Å². The van der Waals surface area contributed by atoms with Crippen molar-refractivity contribution in [1.29, 1.82) is 0 Å². The Kier molecular flexibility index (Phi) is 6.08. The van der Waals surface area contributed by atoms with Gasteiger partial charge in [0.25, 0.3) is 0 Å². The third-order valence-corrected chi connectivity index (χ3v) is 7.88. The van der Waals surface area contributed by atoms with Gasteiger partial charge in [0.05, 0.1) is 11.0 Å². The molecular formula is C39H26N4. The number of rotatable bonds is 5. The highest BCUT2D eigenvalue weighted by Gasteiger charge is 2.16. The molecule has 0 bridgehead atoms. The Labute approximate surface area is 249 Å². The van der Waals surface area contributed by atoms with E-state index in [2.05, 4.69) is 120 Å². The Bertz CT molecular complexity index is 2160. The lowest BCUT2D eigenvalue weighted by Crippen LogP contribution is -2.01. The fraction of sp³-hybridized carbons (Fsp3) is 0. The summed E-state index contributed by atoms with van der Waals surface area (Å²) in [5.74, 6) is 1.94. The van der Waals surface area contributed by atoms with Crippen molar-refractivity contribution in [3.63, 3.8) is 0 Å². The van der Waals surface area contributed by atoms with E-state index in [1.807, 2.05) is 42.5 Å². The quantitative estimate of drug-likeness (QED) is 0.214. The zero-order valence-corrected chi connectivity index (χ0v) is 23.3. The van der Waals surface area contributed by atoms with E-state index in [1.54, 1.807) is 0 Å². The first-order chi connectivity index (χ1) is 21.3. The molecule has 2 aromatic heterocycles. The van der Waals surface area contributed by atoms with Crippen LogP contribution in [0.3, 0.4) is 0 Å². The SMILES string of the molecule is c1ccc(-c2nc(-c3ccc(-n4c5ccccc5c5ccccc54)cc3)nc(-c3ccccc3-c3ccccc3)n2)cc1. The van der Waals surface area contributed by atoms with E-state index in [0.29, 0.717) is 17.5 Å². The molecule has 0 saturated heterocycles. The van der Waals surface area contributed by atoms with E-state index in [1.165, 1.54) is 21.8 Å². The lowest BCUT2D eigenvalue weighted by Gasteiger charge is -2.12. The third-order valence-electron chi connectivity index (χ3n) is 7.88. The molecule has 4 heteroatoms. The summed E-state index contributed by atoms with van der Waals surface area (Å²) in [4.78, 5) is 15.0. The molecule has 0 amide bonds. The van der Waals surface area contributed by atoms with Crippen LogP contribution < -0.4 is 0 Å². The lowest BCUT2D eigenvalue weighted by molar-refractivity contribution is 1.07. The Balaban J connectivity index is 1.28. The van der Waals surface area contributed by atoms with Gasteiger partial charge >= 0.3 is 0 Å². The van der Waals surface area contributed by atoms with Gasteiger partial charge in [-0.2, -0.15) is 0 Å². The van der Waals surface area contributed by atoms with E-state index < -0.39 is 0 Å². The summed E-state index contributed by atoms with van der Waals surface area (Å²) in [5, 5.41) is 2.49. The number of benzene rings is 6. The van der Waals surface area contributed by atoms with Crippen LogP contribution in [0.4, 0.5) is 0 Å². The summed E-state index contributed by atoms with van der Waals surface area (Å²) >= 11 is 0. The highest BCUT2D eigenvalue weighted by atomic mass is 15.0. The summed E-state index contributed by atoms with van der Waals surface area (Å²) in [5.41, 5.74) is 8.52. The maximum atomic E-state index is 5.05. The molecule has 0 aliphatic heterocycles. The number of fused-ring (bicyclic) bond motifs is 3. The first-order valence-electron chi connectivity index (χ1n) is 14.4. The van der Waals surface area contributed by atoms with Crippen LogP contribution in [0.2, 0.25) is 0 Å². The summed E-state index contributed by atoms with van der Waals surface area (Å²) < 4.78 is 2.32. The van der Waals surface area contributed by atoms with Gasteiger partial charge in [0.15, 0.2) is 17.5 Å². The molecule has 8 aromatic rings. The molecule has 202 valence electrons. The van der Waals surface area contributed by atoms with Crippen molar-refractivity contribution < 1.29 is 0 Å². The molecule has 43 heavy (non-hydrogen) atoms. The van der Waals surface area contributed by atoms with E-state index in [9.17, 15) is 0 Å². The minimum Gasteiger partial charge on any atom is -0.309 e. The second kappa shape index (κ2) is 10.5. The zero-order valence-electron chi connectivity index (χ0n) is 23.3. The van der Waals surface area contributed by atoms with Gasteiger partial charge in [0, 0.05) is 33.2 Å². The van der Waals surface area contributed by atoms with Gasteiger partial charge in [0.1, 0.15) is 0 Å². The first-order valence-corrected chi connectivity index (χ1v) is 14.4. The second-order valence-electron chi connectivity index (χ2n) is 10.5. The van der Waals surface area contributed by atoms with Crippen LogP contribution in [0.1, 0.15) is 0 Å². The van der Waals surface area contributed by atoms with Gasteiger partial charge in [-0.15, -0.1) is 0 Å². The molecule has 0 aliphatic carbocycles. The van der Waals surface area contributed by atoms with Gasteiger partial charge in [-0.25, -0.2) is 15.0 Å². The summed E-state index contributed by atoms with van der Waals surface area (Å²) in [6.07, 6.45) is 0. The van der Waals surface area contributed by atoms with Gasteiger partial charge in [-0.1, -0.05) is 121 Å². The number of aromatic nitrogens is 4. The van der Waals surface area contributed by atoms with Crippen molar-refractivity contribution >= 4 is 21.8 Å². The average molecular weight is 551 g/mol. The third kappa shape index (κ3) is 4.46. The van der Waals surface area contributed by atoms with E-state index in [4.69, 9.17) is 15.0 Å². The van der Waals surface area contributed by atoms with Gasteiger partial charge < -0.3 is 4.57 Å². The number of hydrogen-bond acceptors (Lipinski definition) is 3. The summed E-state index contributed by atoms with van der Waals surface area (Å²) in [6, 6.07) is 54.4. The Hall–Kier alpha value is -5.87. The number of hydrogen-bond donors (Lipinski definition) is 0. The zero-order chi connectivity index (χ0) is 28.6. The van der Waals surface area contributed by atoms with Gasteiger partial charge in [-0.3, -0.25) is 0 Å². The molecule has 2 heterocycles. The Morgan fingerprint density at radius 3 is 1.37 bits per heavy atom. The molecule has 8 rings (SSSR count). The fourth-order valence-electron chi connectivity index (χ4n) is 5.85. The molecule has 0 saturated carbocycles. The smallest absolute Gasteiger partial charge is 0.164 e. The van der Waals surface area contributed by atoms with Crippen LogP contribution in [0.15, 0.2) is 158 Å². The summed E-state index contributed by atoms with van der Waals surface area (Å²) in [7, 11) is 0. The minimum atomic E-state index is 0.639. The standard InChI is InChI=1S/C39H26N4/c1-3-13-27(14-4-1)31-17-7-8-20-34(31)39-41-37(28-15-5-2-6-16-28)40-38(42-39)29-23-25-30(26-24-29)43-35-21-11-9-18-32(35)33-19-10-12-22-36(33)43/h1-26H. The Morgan fingerprint density at radius 1 is 0.326 bits per heavy atom. The molecule has 0 aliphatic rings. The molecule has 6 aromatic carbocycles. The second-order valence-corrected chi connectivity index (χ2v) is 10.5. The van der Waals surface area contributed by atoms with Crippen LogP contribution in [-0.2, 0) is 0 Å². The highest BCUT2D eigenvalue weighted by molar-refractivity contribution is 6.09. The molecule has 0 fully saturated rings. The molecular weight excluding hydrogens is 524 g/mol. The predicted octanol–water partition coefficient (Wildman–Crippen LogP) is 9.64. The molecule has 0 N–H and O–H groups in total. The van der Waals surface area contributed by atoms with Crippen molar-refractivity contribution in [2.75, 3.05) is 0 Å². The molecule has 0 atom stereocenters. The van der Waals surface area contributed by atoms with Crippen molar-refractivity contribution in [3.8, 4) is 51.0 Å². The van der Waals surface area contributed by atoms with Crippen molar-refractivity contribution in [3.05, 3.63) is 158 Å². The van der Waals surface area contributed by atoms with Crippen LogP contribution >= 0.6 is 0 Å². The summed E-state index contributed by atoms with van der Waals surface area (Å²) in [6.45, 7) is 0. The van der Waals surface area contributed by atoms with Crippen molar-refractivity contribution in [1.82, 2.24) is 19.5 Å². The van der Waals surface area contributed by atoms with E-state index >= 15 is 0 Å². The number of para-hydroxylation sites is 2. The molecule has 4 nitrogen and oxygen atoms in total. The van der Waals surface area contributed by atoms with Crippen LogP contribution in [0.25, 0.3) is 72.8 Å². The minimum absolute atomic E-state index is 0.639. The van der Waals surface area contributed by atoms with Crippen molar-refractivity contribution in [2.24, 2.45) is 0 Å². The van der Waals surface area contributed by atoms with Gasteiger partial charge in [0.2, 0.25) is 0 Å². The average Bonchev–Trinajstić information content (AvgIpc) is 3.43. The van der Waals surface area contributed by atoms with Crippen molar-refractivity contribution in [2.45, 2.75) is 0 Å². The van der Waals surface area contributed by atoms with E-state index in [0.717, 1.165) is 33.5 Å².